The maximum absolute atomic E-state index is 12.1. The molecule has 1 saturated heterocycles. The molecule has 2 amide bonds. The summed E-state index contributed by atoms with van der Waals surface area (Å²) in [6, 6.07) is 7.62. The predicted octanol–water partition coefficient (Wildman–Crippen LogP) is 0.724. The van der Waals surface area contributed by atoms with Gasteiger partial charge in [0.05, 0.1) is 26.3 Å². The fraction of sp³-hybridized carbons (Fsp3) is 0.500. The van der Waals surface area contributed by atoms with Crippen molar-refractivity contribution in [3.8, 4) is 0 Å². The van der Waals surface area contributed by atoms with Crippen LogP contribution in [0.4, 0.5) is 5.69 Å². The van der Waals surface area contributed by atoms with Crippen molar-refractivity contribution in [1.82, 2.24) is 9.80 Å². The number of para-hydroxylation sites is 1. The molecule has 120 valence electrons. The third-order valence-corrected chi connectivity index (χ3v) is 3.60. The fourth-order valence-corrected chi connectivity index (χ4v) is 2.35. The summed E-state index contributed by atoms with van der Waals surface area (Å²) < 4.78 is 5.23. The Morgan fingerprint density at radius 3 is 2.59 bits per heavy atom. The van der Waals surface area contributed by atoms with Crippen LogP contribution in [0.1, 0.15) is 5.56 Å². The highest BCUT2D eigenvalue weighted by Crippen LogP contribution is 2.12. The molecule has 0 atom stereocenters. The molecule has 0 unspecified atom stereocenters. The molecule has 2 rings (SSSR count). The number of nitrogens with zero attached hydrogens (tertiary/aromatic N) is 2. The maximum Gasteiger partial charge on any atom is 0.238 e. The summed E-state index contributed by atoms with van der Waals surface area (Å²) in [6.45, 7) is 4.80. The number of carbonyl (C=O) groups is 2. The number of rotatable bonds is 5. The van der Waals surface area contributed by atoms with Crippen LogP contribution in [0.25, 0.3) is 0 Å². The number of aryl methyl sites for hydroxylation is 1. The number of amides is 2. The Balaban J connectivity index is 1.78. The minimum Gasteiger partial charge on any atom is -0.378 e. The minimum atomic E-state index is -0.119. The standard InChI is InChI=1S/C16H23N3O3/c1-13-5-3-4-6-14(13)17-15(20)11-18(2)12-16(21)19-7-9-22-10-8-19/h3-6H,7-12H2,1-2H3,(H,17,20). The number of benzene rings is 1. The molecule has 0 bridgehead atoms. The van der Waals surface area contributed by atoms with E-state index in [0.29, 0.717) is 26.3 Å². The second-order valence-electron chi connectivity index (χ2n) is 5.53. The lowest BCUT2D eigenvalue weighted by atomic mass is 10.2. The number of anilines is 1. The normalized spacial score (nSPS) is 15.0. The molecule has 0 aromatic heterocycles. The third kappa shape index (κ3) is 4.82. The van der Waals surface area contributed by atoms with Gasteiger partial charge in [0.2, 0.25) is 11.8 Å². The quantitative estimate of drug-likeness (QED) is 0.871. The highest BCUT2D eigenvalue weighted by atomic mass is 16.5. The average molecular weight is 305 g/mol. The Labute approximate surface area is 131 Å². The first-order valence-electron chi connectivity index (χ1n) is 7.46. The second-order valence-corrected chi connectivity index (χ2v) is 5.53. The van der Waals surface area contributed by atoms with Gasteiger partial charge in [-0.15, -0.1) is 0 Å². The Bertz CT molecular complexity index is 527. The molecule has 6 heteroatoms. The minimum absolute atomic E-state index is 0.0366. The van der Waals surface area contributed by atoms with Gasteiger partial charge in [-0.25, -0.2) is 0 Å². The largest absolute Gasteiger partial charge is 0.378 e. The van der Waals surface area contributed by atoms with Crippen molar-refractivity contribution in [2.75, 3.05) is 51.8 Å². The highest BCUT2D eigenvalue weighted by molar-refractivity contribution is 5.93. The number of hydrogen-bond acceptors (Lipinski definition) is 4. The Hall–Kier alpha value is -1.92. The summed E-state index contributed by atoms with van der Waals surface area (Å²) in [6.07, 6.45) is 0. The van der Waals surface area contributed by atoms with E-state index < -0.39 is 0 Å². The van der Waals surface area contributed by atoms with Crippen LogP contribution < -0.4 is 5.32 Å². The van der Waals surface area contributed by atoms with E-state index in [0.717, 1.165) is 11.3 Å². The summed E-state index contributed by atoms with van der Waals surface area (Å²) in [7, 11) is 1.77. The van der Waals surface area contributed by atoms with Gasteiger partial charge in [0.25, 0.3) is 0 Å². The zero-order chi connectivity index (χ0) is 15.9. The van der Waals surface area contributed by atoms with Gasteiger partial charge in [-0.3, -0.25) is 14.5 Å². The van der Waals surface area contributed by atoms with Gasteiger partial charge in [0.1, 0.15) is 0 Å². The summed E-state index contributed by atoms with van der Waals surface area (Å²) in [4.78, 5) is 27.6. The zero-order valence-corrected chi connectivity index (χ0v) is 13.2. The van der Waals surface area contributed by atoms with Crippen LogP contribution in [-0.2, 0) is 14.3 Å². The van der Waals surface area contributed by atoms with Gasteiger partial charge in [-0.2, -0.15) is 0 Å². The van der Waals surface area contributed by atoms with Crippen LogP contribution in [0.3, 0.4) is 0 Å². The van der Waals surface area contributed by atoms with E-state index in [9.17, 15) is 9.59 Å². The molecule has 22 heavy (non-hydrogen) atoms. The highest BCUT2D eigenvalue weighted by Gasteiger charge is 2.19. The van der Waals surface area contributed by atoms with Crippen LogP contribution in [0.2, 0.25) is 0 Å². The van der Waals surface area contributed by atoms with Crippen LogP contribution in [0.15, 0.2) is 24.3 Å². The second kappa shape index (κ2) is 7.91. The zero-order valence-electron chi connectivity index (χ0n) is 13.2. The first-order chi connectivity index (χ1) is 10.6. The molecule has 0 aliphatic carbocycles. The Kier molecular flexibility index (Phi) is 5.91. The van der Waals surface area contributed by atoms with Gasteiger partial charge < -0.3 is 15.0 Å². The summed E-state index contributed by atoms with van der Waals surface area (Å²) >= 11 is 0. The van der Waals surface area contributed by atoms with Gasteiger partial charge in [-0.05, 0) is 25.6 Å². The van der Waals surface area contributed by atoms with E-state index in [-0.39, 0.29) is 24.9 Å². The number of nitrogens with one attached hydrogen (secondary N) is 1. The first kappa shape index (κ1) is 16.5. The van der Waals surface area contributed by atoms with E-state index in [1.165, 1.54) is 0 Å². The third-order valence-electron chi connectivity index (χ3n) is 3.60. The number of ether oxygens (including phenoxy) is 1. The van der Waals surface area contributed by atoms with Crippen molar-refractivity contribution in [2.24, 2.45) is 0 Å². The lowest BCUT2D eigenvalue weighted by molar-refractivity contribution is -0.136. The molecule has 0 saturated carbocycles. The van der Waals surface area contributed by atoms with Crippen molar-refractivity contribution in [3.05, 3.63) is 29.8 Å². The van der Waals surface area contributed by atoms with Gasteiger partial charge in [0.15, 0.2) is 0 Å². The molecule has 1 N–H and O–H groups in total. The molecule has 1 aromatic rings. The molecule has 1 heterocycles. The van der Waals surface area contributed by atoms with E-state index in [1.54, 1.807) is 16.8 Å². The van der Waals surface area contributed by atoms with Gasteiger partial charge >= 0.3 is 0 Å². The van der Waals surface area contributed by atoms with Gasteiger partial charge in [-0.1, -0.05) is 18.2 Å². The fourth-order valence-electron chi connectivity index (χ4n) is 2.35. The van der Waals surface area contributed by atoms with Crippen molar-refractivity contribution in [1.29, 1.82) is 0 Å². The molecule has 1 aliphatic heterocycles. The molecule has 1 fully saturated rings. The smallest absolute Gasteiger partial charge is 0.238 e. The number of carbonyl (C=O) groups excluding carboxylic acids is 2. The molecule has 0 spiro atoms. The van der Waals surface area contributed by atoms with Crippen molar-refractivity contribution >= 4 is 17.5 Å². The molecular formula is C16H23N3O3. The van der Waals surface area contributed by atoms with Crippen molar-refractivity contribution in [3.63, 3.8) is 0 Å². The SMILES string of the molecule is Cc1ccccc1NC(=O)CN(C)CC(=O)N1CCOCC1. The molecule has 6 nitrogen and oxygen atoms in total. The van der Waals surface area contributed by atoms with Crippen molar-refractivity contribution in [2.45, 2.75) is 6.92 Å². The van der Waals surface area contributed by atoms with Gasteiger partial charge in [0, 0.05) is 18.8 Å². The van der Waals surface area contributed by atoms with E-state index in [1.807, 2.05) is 31.2 Å². The Morgan fingerprint density at radius 2 is 1.91 bits per heavy atom. The monoisotopic (exact) mass is 305 g/mol. The lowest BCUT2D eigenvalue weighted by Crippen LogP contribution is -2.46. The molecule has 0 radical (unpaired) electrons. The number of likely N-dealkylation sites (N-methyl/N-ethyl adjacent to an activating group) is 1. The summed E-state index contributed by atoms with van der Waals surface area (Å²) in [5, 5.41) is 2.87. The van der Waals surface area contributed by atoms with Crippen LogP contribution in [0, 0.1) is 6.92 Å². The van der Waals surface area contributed by atoms with Crippen molar-refractivity contribution < 1.29 is 14.3 Å². The average Bonchev–Trinajstić information content (AvgIpc) is 2.50. The van der Waals surface area contributed by atoms with Crippen LogP contribution >= 0.6 is 0 Å². The maximum atomic E-state index is 12.1. The molecular weight excluding hydrogens is 282 g/mol. The molecule has 1 aromatic carbocycles. The van der Waals surface area contributed by atoms with Crippen LogP contribution in [-0.4, -0.2) is 68.1 Å². The first-order valence-corrected chi connectivity index (χ1v) is 7.46. The van der Waals surface area contributed by atoms with E-state index in [4.69, 9.17) is 4.74 Å². The van der Waals surface area contributed by atoms with E-state index >= 15 is 0 Å². The van der Waals surface area contributed by atoms with E-state index in [2.05, 4.69) is 5.32 Å². The number of morpholine rings is 1. The summed E-state index contributed by atoms with van der Waals surface area (Å²) in [5.41, 5.74) is 1.82. The molecule has 1 aliphatic rings. The van der Waals surface area contributed by atoms with Crippen LogP contribution in [0.5, 0.6) is 0 Å². The Morgan fingerprint density at radius 1 is 1.23 bits per heavy atom. The predicted molar refractivity (Wildman–Crippen MR) is 84.7 cm³/mol. The number of hydrogen-bond donors (Lipinski definition) is 1. The summed E-state index contributed by atoms with van der Waals surface area (Å²) in [5.74, 6) is -0.0823. The lowest BCUT2D eigenvalue weighted by Gasteiger charge is -2.28. The topological polar surface area (TPSA) is 61.9 Å².